The highest BCUT2D eigenvalue weighted by molar-refractivity contribution is 5.79. The highest BCUT2D eigenvalue weighted by Gasteiger charge is 2.29. The molecule has 1 amide bonds. The van der Waals surface area contributed by atoms with Crippen LogP contribution in [0, 0.1) is 0 Å². The number of carbonyl (C=O) groups is 1. The normalized spacial score (nSPS) is 11.0. The third-order valence-corrected chi connectivity index (χ3v) is 3.54. The average molecular weight is 384 g/mol. The fraction of sp³-hybridized carbons (Fsp3) is 0.333. The Bertz CT molecular complexity index is 781. The van der Waals surface area contributed by atoms with E-state index in [-0.39, 0.29) is 24.8 Å². The zero-order chi connectivity index (χ0) is 19.9. The van der Waals surface area contributed by atoms with Crippen LogP contribution in [-0.4, -0.2) is 37.9 Å². The van der Waals surface area contributed by atoms with E-state index in [1.54, 1.807) is 24.3 Å². The molecule has 6 nitrogen and oxygen atoms in total. The van der Waals surface area contributed by atoms with E-state index < -0.39 is 12.8 Å². The van der Waals surface area contributed by atoms with Crippen molar-refractivity contribution in [2.24, 2.45) is 0 Å². The average Bonchev–Trinajstić information content (AvgIpc) is 2.64. The van der Waals surface area contributed by atoms with E-state index in [0.717, 1.165) is 0 Å². The maximum absolute atomic E-state index is 12.3. The molecule has 0 aliphatic rings. The number of alkyl halides is 3. The summed E-state index contributed by atoms with van der Waals surface area (Å²) >= 11 is 0. The third kappa shape index (κ3) is 6.36. The van der Waals surface area contributed by atoms with Gasteiger partial charge >= 0.3 is 6.18 Å². The Morgan fingerprint density at radius 2 is 1.93 bits per heavy atom. The fourth-order valence-corrected chi connectivity index (χ4v) is 2.29. The van der Waals surface area contributed by atoms with Gasteiger partial charge in [0, 0.05) is 23.9 Å². The summed E-state index contributed by atoms with van der Waals surface area (Å²) in [6, 6.07) is 8.16. The zero-order valence-corrected chi connectivity index (χ0v) is 14.8. The highest BCUT2D eigenvalue weighted by Crippen LogP contribution is 2.24. The summed E-state index contributed by atoms with van der Waals surface area (Å²) in [5.74, 6) is 0.594. The molecule has 0 saturated carbocycles. The van der Waals surface area contributed by atoms with Crippen LogP contribution in [0.3, 0.4) is 0 Å². The van der Waals surface area contributed by atoms with Gasteiger partial charge in [-0.15, -0.1) is 0 Å². The van der Waals surface area contributed by atoms with Crippen LogP contribution < -0.4 is 19.5 Å². The summed E-state index contributed by atoms with van der Waals surface area (Å²) in [5, 5.41) is 2.64. The molecule has 0 atom stereocenters. The van der Waals surface area contributed by atoms with Crippen molar-refractivity contribution in [2.75, 3.05) is 20.8 Å². The monoisotopic (exact) mass is 384 g/mol. The number of nitrogens with zero attached hydrogens (tertiary/aromatic N) is 1. The minimum absolute atomic E-state index is 0.0133. The lowest BCUT2D eigenvalue weighted by atomic mass is 10.1. The van der Waals surface area contributed by atoms with E-state index in [1.807, 2.05) is 0 Å². The molecule has 0 radical (unpaired) electrons. The number of benzene rings is 1. The lowest BCUT2D eigenvalue weighted by Crippen LogP contribution is -2.26. The summed E-state index contributed by atoms with van der Waals surface area (Å²) < 4.78 is 52.0. The Balaban J connectivity index is 2.00. The van der Waals surface area contributed by atoms with Crippen LogP contribution in [0.1, 0.15) is 11.1 Å². The zero-order valence-electron chi connectivity index (χ0n) is 14.8. The molecule has 1 heterocycles. The van der Waals surface area contributed by atoms with Gasteiger partial charge in [0.15, 0.2) is 6.61 Å². The van der Waals surface area contributed by atoms with E-state index in [9.17, 15) is 18.0 Å². The number of methoxy groups -OCH3 is 2. The van der Waals surface area contributed by atoms with Gasteiger partial charge < -0.3 is 19.5 Å². The third-order valence-electron chi connectivity index (χ3n) is 3.54. The topological polar surface area (TPSA) is 69.7 Å². The number of nitrogens with one attached hydrogen (secondary N) is 1. The maximum atomic E-state index is 12.3. The van der Waals surface area contributed by atoms with Crippen molar-refractivity contribution >= 4 is 5.91 Å². The second kappa shape index (κ2) is 9.11. The van der Waals surface area contributed by atoms with E-state index in [2.05, 4.69) is 10.3 Å². The number of carbonyl (C=O) groups excluding carboxylic acids is 1. The molecule has 2 aromatic rings. The van der Waals surface area contributed by atoms with Gasteiger partial charge in [-0.25, -0.2) is 4.98 Å². The van der Waals surface area contributed by atoms with Gasteiger partial charge in [-0.3, -0.25) is 4.79 Å². The molecule has 0 aliphatic heterocycles. The summed E-state index contributed by atoms with van der Waals surface area (Å²) in [6.45, 7) is -1.47. The second-order valence-corrected chi connectivity index (χ2v) is 5.50. The molecule has 0 bridgehead atoms. The quantitative estimate of drug-likeness (QED) is 0.758. The van der Waals surface area contributed by atoms with Crippen LogP contribution in [0.4, 0.5) is 13.2 Å². The summed E-state index contributed by atoms with van der Waals surface area (Å²) in [6.07, 6.45) is -3.14. The van der Waals surface area contributed by atoms with Gasteiger partial charge in [-0.1, -0.05) is 6.07 Å². The SMILES string of the molecule is COc1ccc(OC)c(CC(=O)NCc2cccnc2OCC(F)(F)F)c1. The molecule has 0 unspecified atom stereocenters. The summed E-state index contributed by atoms with van der Waals surface area (Å²) in [4.78, 5) is 16.0. The van der Waals surface area contributed by atoms with Crippen LogP contribution in [0.5, 0.6) is 17.4 Å². The van der Waals surface area contributed by atoms with Gasteiger partial charge in [0.1, 0.15) is 11.5 Å². The molecule has 1 aromatic heterocycles. The van der Waals surface area contributed by atoms with Gasteiger partial charge in [0.05, 0.1) is 20.6 Å². The van der Waals surface area contributed by atoms with Gasteiger partial charge in [-0.2, -0.15) is 13.2 Å². The molecule has 0 fully saturated rings. The van der Waals surface area contributed by atoms with E-state index >= 15 is 0 Å². The number of hydrogen-bond acceptors (Lipinski definition) is 5. The van der Waals surface area contributed by atoms with Crippen molar-refractivity contribution in [1.29, 1.82) is 0 Å². The van der Waals surface area contributed by atoms with Crippen molar-refractivity contribution in [3.63, 3.8) is 0 Å². The standard InChI is InChI=1S/C18H19F3N2O4/c1-25-14-5-6-15(26-2)13(8-14)9-16(24)23-10-12-4-3-7-22-17(12)27-11-18(19,20)21/h3-8H,9-11H2,1-2H3,(H,23,24). The molecule has 1 aromatic carbocycles. The first-order valence-electron chi connectivity index (χ1n) is 7.93. The van der Waals surface area contributed by atoms with Gasteiger partial charge in [0.2, 0.25) is 11.8 Å². The molecule has 146 valence electrons. The number of hydrogen-bond donors (Lipinski definition) is 1. The van der Waals surface area contributed by atoms with Crippen molar-refractivity contribution < 1.29 is 32.2 Å². The first-order valence-corrected chi connectivity index (χ1v) is 7.93. The highest BCUT2D eigenvalue weighted by atomic mass is 19.4. The molecular weight excluding hydrogens is 365 g/mol. The first-order chi connectivity index (χ1) is 12.8. The first kappa shape index (κ1) is 20.3. The van der Waals surface area contributed by atoms with Crippen molar-refractivity contribution in [2.45, 2.75) is 19.1 Å². The minimum atomic E-state index is -4.47. The number of halogens is 3. The summed E-state index contributed by atoms with van der Waals surface area (Å²) in [7, 11) is 3.00. The molecule has 2 rings (SSSR count). The fourth-order valence-electron chi connectivity index (χ4n) is 2.29. The van der Waals surface area contributed by atoms with Gasteiger partial charge in [0.25, 0.3) is 0 Å². The molecule has 9 heteroatoms. The molecule has 1 N–H and O–H groups in total. The maximum Gasteiger partial charge on any atom is 0.422 e. The van der Waals surface area contributed by atoms with Crippen LogP contribution in [0.15, 0.2) is 36.5 Å². The Hall–Kier alpha value is -2.97. The lowest BCUT2D eigenvalue weighted by molar-refractivity contribution is -0.154. The predicted octanol–water partition coefficient (Wildman–Crippen LogP) is 2.90. The number of aromatic nitrogens is 1. The van der Waals surface area contributed by atoms with Crippen LogP contribution in [0.2, 0.25) is 0 Å². The van der Waals surface area contributed by atoms with Crippen molar-refractivity contribution in [3.05, 3.63) is 47.7 Å². The van der Waals surface area contributed by atoms with Crippen molar-refractivity contribution in [1.82, 2.24) is 10.3 Å². The van der Waals surface area contributed by atoms with Crippen LogP contribution in [-0.2, 0) is 17.8 Å². The van der Waals surface area contributed by atoms with Gasteiger partial charge in [-0.05, 0) is 24.3 Å². The molecule has 27 heavy (non-hydrogen) atoms. The molecule has 0 spiro atoms. The minimum Gasteiger partial charge on any atom is -0.497 e. The number of pyridine rings is 1. The van der Waals surface area contributed by atoms with E-state index in [4.69, 9.17) is 14.2 Å². The number of ether oxygens (including phenoxy) is 3. The number of amides is 1. The van der Waals surface area contributed by atoms with Crippen LogP contribution >= 0.6 is 0 Å². The van der Waals surface area contributed by atoms with Crippen molar-refractivity contribution in [3.8, 4) is 17.4 Å². The Morgan fingerprint density at radius 1 is 1.15 bits per heavy atom. The lowest BCUT2D eigenvalue weighted by Gasteiger charge is -2.13. The smallest absolute Gasteiger partial charge is 0.422 e. The molecular formula is C18H19F3N2O4. The Kier molecular flexibility index (Phi) is 6.86. The molecule has 0 saturated heterocycles. The van der Waals surface area contributed by atoms with E-state index in [0.29, 0.717) is 22.6 Å². The molecule has 0 aliphatic carbocycles. The van der Waals surface area contributed by atoms with E-state index in [1.165, 1.54) is 26.5 Å². The largest absolute Gasteiger partial charge is 0.497 e. The Labute approximate surface area is 154 Å². The van der Waals surface area contributed by atoms with Crippen LogP contribution in [0.25, 0.3) is 0 Å². The Morgan fingerprint density at radius 3 is 2.59 bits per heavy atom. The summed E-state index contributed by atoms with van der Waals surface area (Å²) in [5.41, 5.74) is 0.960. The predicted molar refractivity (Wildman–Crippen MR) is 90.9 cm³/mol. The number of rotatable bonds is 8. The second-order valence-electron chi connectivity index (χ2n) is 5.50.